The molecule has 9 aromatic rings. The van der Waals surface area contributed by atoms with Gasteiger partial charge >= 0.3 is 0 Å². The zero-order valence-corrected chi connectivity index (χ0v) is 35.0. The molecule has 4 nitrogen and oxygen atoms in total. The van der Waals surface area contributed by atoms with E-state index < -0.39 is 0 Å². The summed E-state index contributed by atoms with van der Waals surface area (Å²) in [6.07, 6.45) is 7.81. The van der Waals surface area contributed by atoms with Crippen molar-refractivity contribution in [3.8, 4) is 28.3 Å². The molecule has 0 unspecified atom stereocenters. The molecule has 64 heavy (non-hydrogen) atoms. The van der Waals surface area contributed by atoms with Gasteiger partial charge in [-0.3, -0.25) is 0 Å². The van der Waals surface area contributed by atoms with Crippen LogP contribution < -0.4 is 9.80 Å². The molecular weight excluding hydrogens is 777 g/mol. The molecule has 0 radical (unpaired) electrons. The minimum atomic E-state index is 0.479. The lowest BCUT2D eigenvalue weighted by Crippen LogP contribution is -2.09. The summed E-state index contributed by atoms with van der Waals surface area (Å²) in [7, 11) is 0. The maximum Gasteiger partial charge on any atom is 0.194 e. The van der Waals surface area contributed by atoms with Crippen LogP contribution in [0.1, 0.15) is 27.8 Å². The van der Waals surface area contributed by atoms with E-state index in [1.807, 2.05) is 72.8 Å². The Morgan fingerprint density at radius 1 is 0.359 bits per heavy atom. The van der Waals surface area contributed by atoms with Crippen LogP contribution in [0.5, 0.6) is 0 Å². The second kappa shape index (κ2) is 19.2. The van der Waals surface area contributed by atoms with Gasteiger partial charge in [0.2, 0.25) is 0 Å². The number of hydrogen-bond donors (Lipinski definition) is 0. The van der Waals surface area contributed by atoms with Crippen LogP contribution in [-0.2, 0) is 0 Å². The predicted octanol–water partition coefficient (Wildman–Crippen LogP) is 16.7. The molecule has 0 fully saturated rings. The Kier molecular flexibility index (Phi) is 12.1. The van der Waals surface area contributed by atoms with E-state index in [4.69, 9.17) is 6.57 Å². The van der Waals surface area contributed by atoms with E-state index in [1.54, 1.807) is 12.1 Å². The van der Waals surface area contributed by atoms with Gasteiger partial charge in [0.05, 0.1) is 18.2 Å². The van der Waals surface area contributed by atoms with E-state index in [0.717, 1.165) is 45.3 Å². The van der Waals surface area contributed by atoms with Gasteiger partial charge in [0.25, 0.3) is 0 Å². The summed E-state index contributed by atoms with van der Waals surface area (Å²) in [5.74, 6) is 0. The Balaban J connectivity index is 0.926. The number of nitrogens with zero attached hydrogens (tertiary/aromatic N) is 4. The van der Waals surface area contributed by atoms with Crippen molar-refractivity contribution in [2.24, 2.45) is 0 Å². The lowest BCUT2D eigenvalue weighted by Gasteiger charge is -2.25. The molecular formula is C60H42N4. The maximum atomic E-state index is 10.2. The molecule has 9 rings (SSSR count). The molecule has 302 valence electrons. The minimum absolute atomic E-state index is 0.479. The highest BCUT2D eigenvalue weighted by Crippen LogP contribution is 2.38. The molecule has 0 bridgehead atoms. The molecule has 9 aromatic carbocycles. The highest BCUT2D eigenvalue weighted by atomic mass is 15.1. The van der Waals surface area contributed by atoms with Crippen molar-refractivity contribution in [3.63, 3.8) is 0 Å². The second-order valence-corrected chi connectivity index (χ2v) is 15.2. The van der Waals surface area contributed by atoms with Gasteiger partial charge < -0.3 is 9.80 Å². The van der Waals surface area contributed by atoms with Crippen molar-refractivity contribution >= 4 is 64.1 Å². The Morgan fingerprint density at radius 3 is 1.06 bits per heavy atom. The Morgan fingerprint density at radius 2 is 0.688 bits per heavy atom. The number of hydrogen-bond acceptors (Lipinski definition) is 3. The fourth-order valence-corrected chi connectivity index (χ4v) is 7.84. The second-order valence-electron chi connectivity index (χ2n) is 15.2. The quantitative estimate of drug-likeness (QED) is 0.0910. The standard InChI is InChI=1S/C60H42N4/c1-62-60-43-51(28-22-45-24-34-56(35-25-45)63(54-18-10-4-11-19-54)58-38-30-49(31-39-58)47-14-6-2-7-15-47)53(44-61)42-52(60)29-23-46-26-36-57(37-27-46)64(55-20-12-5-13-21-55)59-40-32-50(33-41-59)48-16-8-3-9-17-48/h2-43H/b28-22+,29-23+. The summed E-state index contributed by atoms with van der Waals surface area (Å²) in [6.45, 7) is 8.02. The van der Waals surface area contributed by atoms with Gasteiger partial charge in [0.15, 0.2) is 5.69 Å². The molecule has 4 heteroatoms. The van der Waals surface area contributed by atoms with Crippen molar-refractivity contribution in [1.82, 2.24) is 0 Å². The van der Waals surface area contributed by atoms with E-state index in [1.165, 1.54) is 22.3 Å². The Bertz CT molecular complexity index is 2890. The fourth-order valence-electron chi connectivity index (χ4n) is 7.84. The van der Waals surface area contributed by atoms with E-state index in [2.05, 4.69) is 191 Å². The molecule has 0 aliphatic heterocycles. The number of anilines is 6. The van der Waals surface area contributed by atoms with Crippen LogP contribution in [0.25, 0.3) is 51.4 Å². The Hall–Kier alpha value is -8.96. The van der Waals surface area contributed by atoms with E-state index in [0.29, 0.717) is 22.4 Å². The summed E-state index contributed by atoms with van der Waals surface area (Å²) in [4.78, 5) is 8.34. The average Bonchev–Trinajstić information content (AvgIpc) is 3.37. The average molecular weight is 819 g/mol. The van der Waals surface area contributed by atoms with Gasteiger partial charge in [-0.25, -0.2) is 4.85 Å². The predicted molar refractivity (Wildman–Crippen MR) is 268 cm³/mol. The van der Waals surface area contributed by atoms with E-state index in [-0.39, 0.29) is 0 Å². The van der Waals surface area contributed by atoms with Crippen molar-refractivity contribution in [1.29, 1.82) is 5.26 Å². The van der Waals surface area contributed by atoms with E-state index >= 15 is 0 Å². The zero-order valence-electron chi connectivity index (χ0n) is 35.0. The normalized spacial score (nSPS) is 11.0. The first kappa shape index (κ1) is 40.4. The number of rotatable bonds is 12. The van der Waals surface area contributed by atoms with Crippen molar-refractivity contribution in [2.75, 3.05) is 9.80 Å². The molecule has 0 N–H and O–H groups in total. The molecule has 0 amide bonds. The molecule has 0 aliphatic carbocycles. The molecule has 0 atom stereocenters. The van der Waals surface area contributed by atoms with Gasteiger partial charge in [0.1, 0.15) is 0 Å². The number of benzene rings is 9. The van der Waals surface area contributed by atoms with Gasteiger partial charge in [0, 0.05) is 34.1 Å². The summed E-state index contributed by atoms with van der Waals surface area (Å²) < 4.78 is 0. The molecule has 0 spiro atoms. The summed E-state index contributed by atoms with van der Waals surface area (Å²) in [6, 6.07) is 81.5. The molecule has 0 heterocycles. The lowest BCUT2D eigenvalue weighted by atomic mass is 10.0. The lowest BCUT2D eigenvalue weighted by molar-refractivity contribution is 1.28. The molecule has 0 saturated heterocycles. The number of nitriles is 1. The van der Waals surface area contributed by atoms with Crippen LogP contribution in [-0.4, -0.2) is 0 Å². The van der Waals surface area contributed by atoms with Crippen molar-refractivity contribution in [3.05, 3.63) is 270 Å². The van der Waals surface area contributed by atoms with Crippen LogP contribution in [0.2, 0.25) is 0 Å². The summed E-state index contributed by atoms with van der Waals surface area (Å²) in [5, 5.41) is 10.2. The van der Waals surface area contributed by atoms with Crippen LogP contribution in [0.3, 0.4) is 0 Å². The first-order valence-electron chi connectivity index (χ1n) is 21.2. The van der Waals surface area contributed by atoms with Gasteiger partial charge in [-0.1, -0.05) is 170 Å². The van der Waals surface area contributed by atoms with Gasteiger partial charge in [-0.05, 0) is 129 Å². The monoisotopic (exact) mass is 818 g/mol. The van der Waals surface area contributed by atoms with Crippen LogP contribution in [0, 0.1) is 17.9 Å². The first-order valence-corrected chi connectivity index (χ1v) is 21.2. The smallest absolute Gasteiger partial charge is 0.194 e. The van der Waals surface area contributed by atoms with Crippen molar-refractivity contribution < 1.29 is 0 Å². The highest BCUT2D eigenvalue weighted by Gasteiger charge is 2.15. The van der Waals surface area contributed by atoms with E-state index in [9.17, 15) is 5.26 Å². The molecule has 0 aromatic heterocycles. The van der Waals surface area contributed by atoms with Crippen LogP contribution in [0.15, 0.2) is 231 Å². The third-order valence-corrected chi connectivity index (χ3v) is 11.1. The highest BCUT2D eigenvalue weighted by molar-refractivity contribution is 5.85. The van der Waals surface area contributed by atoms with Crippen molar-refractivity contribution in [2.45, 2.75) is 0 Å². The first-order chi connectivity index (χ1) is 31.6. The largest absolute Gasteiger partial charge is 0.311 e. The number of para-hydroxylation sites is 2. The molecule has 0 saturated carbocycles. The van der Waals surface area contributed by atoms with Crippen LogP contribution >= 0.6 is 0 Å². The fraction of sp³-hybridized carbons (Fsp3) is 0. The molecule has 0 aliphatic rings. The zero-order chi connectivity index (χ0) is 43.5. The summed E-state index contributed by atoms with van der Waals surface area (Å²) >= 11 is 0. The topological polar surface area (TPSA) is 34.6 Å². The SMILES string of the molecule is [C-]#[N+]c1cc(/C=C/c2ccc(N(c3ccccc3)c3ccc(-c4ccccc4)cc3)cc2)c(C#N)cc1/C=C/c1ccc(N(c2ccccc2)c2ccc(-c3ccccc3)cc2)cc1. The minimum Gasteiger partial charge on any atom is -0.311 e. The maximum absolute atomic E-state index is 10.2. The van der Waals surface area contributed by atoms with Gasteiger partial charge in [-0.15, -0.1) is 0 Å². The summed E-state index contributed by atoms with van der Waals surface area (Å²) in [5.41, 5.74) is 15.3. The van der Waals surface area contributed by atoms with Crippen LogP contribution in [0.4, 0.5) is 39.8 Å². The Labute approximate surface area is 375 Å². The third kappa shape index (κ3) is 9.19. The van der Waals surface area contributed by atoms with Gasteiger partial charge in [-0.2, -0.15) is 5.26 Å². The third-order valence-electron chi connectivity index (χ3n) is 11.1.